The van der Waals surface area contributed by atoms with Crippen LogP contribution >= 0.6 is 12.2 Å². The number of nitrogens with zero attached hydrogens (tertiary/aromatic N) is 3. The number of aromatic nitrogens is 2. The van der Waals surface area contributed by atoms with Crippen molar-refractivity contribution in [2.24, 2.45) is 5.73 Å². The van der Waals surface area contributed by atoms with Crippen LogP contribution in [0.3, 0.4) is 0 Å². The molecule has 0 atom stereocenters. The second-order valence-corrected chi connectivity index (χ2v) is 6.88. The van der Waals surface area contributed by atoms with Crippen molar-refractivity contribution in [3.63, 3.8) is 0 Å². The summed E-state index contributed by atoms with van der Waals surface area (Å²) in [6.45, 7) is 4.84. The predicted octanol–water partition coefficient (Wildman–Crippen LogP) is 0.898. The summed E-state index contributed by atoms with van der Waals surface area (Å²) < 4.78 is 27.6. The van der Waals surface area contributed by atoms with Crippen LogP contribution in [-0.2, 0) is 16.6 Å². The van der Waals surface area contributed by atoms with Gasteiger partial charge in [0, 0.05) is 32.8 Å². The van der Waals surface area contributed by atoms with Gasteiger partial charge >= 0.3 is 0 Å². The lowest BCUT2D eigenvalue weighted by molar-refractivity contribution is 0.476. The van der Waals surface area contributed by atoms with Gasteiger partial charge in [-0.25, -0.2) is 13.4 Å². The number of aryl methyl sites for hydroxylation is 2. The van der Waals surface area contributed by atoms with Crippen LogP contribution in [0.25, 0.3) is 0 Å². The fourth-order valence-corrected chi connectivity index (χ4v) is 2.87. The van der Waals surface area contributed by atoms with Crippen LogP contribution in [0.5, 0.6) is 0 Å². The smallest absolute Gasteiger partial charge is 0.261 e. The number of hydrogen-bond acceptors (Lipinski definition) is 4. The van der Waals surface area contributed by atoms with Crippen molar-refractivity contribution < 1.29 is 8.42 Å². The number of thiocarbonyl (C=S) groups is 1. The number of imidazole rings is 1. The zero-order chi connectivity index (χ0) is 14.6. The minimum absolute atomic E-state index is 0.0730. The van der Waals surface area contributed by atoms with Crippen molar-refractivity contribution >= 4 is 27.2 Å². The van der Waals surface area contributed by atoms with E-state index in [1.54, 1.807) is 13.1 Å². The Kier molecular flexibility index (Phi) is 5.45. The van der Waals surface area contributed by atoms with Crippen LogP contribution < -0.4 is 5.73 Å². The lowest BCUT2D eigenvalue weighted by Crippen LogP contribution is -2.30. The van der Waals surface area contributed by atoms with Crippen molar-refractivity contribution in [3.8, 4) is 0 Å². The largest absolute Gasteiger partial charge is 0.393 e. The first-order chi connectivity index (χ1) is 8.78. The van der Waals surface area contributed by atoms with E-state index in [1.165, 1.54) is 11.4 Å². The molecule has 1 rings (SSSR count). The molecule has 19 heavy (non-hydrogen) atoms. The molecule has 0 spiro atoms. The summed E-state index contributed by atoms with van der Waals surface area (Å²) in [5.74, 6) is 0.697. The predicted molar refractivity (Wildman–Crippen MR) is 78.5 cm³/mol. The molecular weight excluding hydrogens is 284 g/mol. The first kappa shape index (κ1) is 16.1. The van der Waals surface area contributed by atoms with Gasteiger partial charge in [0.1, 0.15) is 5.82 Å². The van der Waals surface area contributed by atoms with Crippen molar-refractivity contribution in [2.75, 3.05) is 13.6 Å². The van der Waals surface area contributed by atoms with Crippen molar-refractivity contribution in [1.29, 1.82) is 0 Å². The van der Waals surface area contributed by atoms with Gasteiger partial charge in [-0.15, -0.1) is 0 Å². The summed E-state index contributed by atoms with van der Waals surface area (Å²) in [4.78, 5) is 4.42. The summed E-state index contributed by atoms with van der Waals surface area (Å²) in [5.41, 5.74) is 5.38. The quantitative estimate of drug-likeness (QED) is 0.757. The van der Waals surface area contributed by atoms with Gasteiger partial charge in [0.05, 0.1) is 4.99 Å². The summed E-state index contributed by atoms with van der Waals surface area (Å²) >= 11 is 4.75. The summed E-state index contributed by atoms with van der Waals surface area (Å²) in [6.07, 6.45) is 2.86. The Morgan fingerprint density at radius 3 is 2.74 bits per heavy atom. The van der Waals surface area contributed by atoms with Gasteiger partial charge in [-0.1, -0.05) is 19.1 Å². The molecule has 0 bridgehead atoms. The molecule has 0 unspecified atom stereocenters. The Morgan fingerprint density at radius 2 is 2.21 bits per heavy atom. The second kappa shape index (κ2) is 6.44. The third-order valence-electron chi connectivity index (χ3n) is 2.77. The highest BCUT2D eigenvalue weighted by molar-refractivity contribution is 7.89. The fraction of sp³-hybridized carbons (Fsp3) is 0.636. The molecule has 0 radical (unpaired) electrons. The highest BCUT2D eigenvalue weighted by atomic mass is 32.2. The molecule has 0 aliphatic rings. The van der Waals surface area contributed by atoms with Gasteiger partial charge in [0.2, 0.25) is 0 Å². The van der Waals surface area contributed by atoms with Crippen LogP contribution in [0.2, 0.25) is 0 Å². The van der Waals surface area contributed by atoms with E-state index in [1.807, 2.05) is 11.5 Å². The lowest BCUT2D eigenvalue weighted by Gasteiger charge is -2.14. The Hall–Kier alpha value is -0.990. The summed E-state index contributed by atoms with van der Waals surface area (Å²) in [5, 5.41) is 0.0730. The molecule has 6 nitrogen and oxygen atoms in total. The van der Waals surface area contributed by atoms with Gasteiger partial charge in [0.25, 0.3) is 10.0 Å². The Morgan fingerprint density at radius 1 is 1.58 bits per heavy atom. The molecule has 8 heteroatoms. The fourth-order valence-electron chi connectivity index (χ4n) is 1.62. The van der Waals surface area contributed by atoms with Crippen LogP contribution in [0.1, 0.15) is 25.6 Å². The zero-order valence-corrected chi connectivity index (χ0v) is 13.1. The molecule has 0 saturated carbocycles. The lowest BCUT2D eigenvalue weighted by atomic mass is 10.4. The minimum atomic E-state index is -3.57. The monoisotopic (exact) mass is 304 g/mol. The molecule has 0 amide bonds. The van der Waals surface area contributed by atoms with E-state index >= 15 is 0 Å². The molecule has 0 fully saturated rings. The highest BCUT2D eigenvalue weighted by Crippen LogP contribution is 2.14. The standard InChI is InChI=1S/C11H20N4O2S2/c1-4-6-15-8-11(13-9(15)2)19(16,17)14(3)7-5-10(12)18/h8H,4-7H2,1-3H3,(H2,12,18). The molecule has 0 aromatic carbocycles. The van der Waals surface area contributed by atoms with E-state index in [-0.39, 0.29) is 11.6 Å². The maximum Gasteiger partial charge on any atom is 0.261 e. The average molecular weight is 304 g/mol. The van der Waals surface area contributed by atoms with E-state index in [2.05, 4.69) is 4.98 Å². The maximum absolute atomic E-state index is 12.3. The van der Waals surface area contributed by atoms with Crippen LogP contribution in [0.15, 0.2) is 11.2 Å². The molecule has 0 aliphatic heterocycles. The van der Waals surface area contributed by atoms with Gasteiger partial charge in [-0.3, -0.25) is 0 Å². The Bertz CT molecular complexity index is 551. The van der Waals surface area contributed by atoms with E-state index < -0.39 is 10.0 Å². The van der Waals surface area contributed by atoms with Gasteiger partial charge in [-0.05, 0) is 13.3 Å². The van der Waals surface area contributed by atoms with Crippen LogP contribution in [0.4, 0.5) is 0 Å². The average Bonchev–Trinajstić information content (AvgIpc) is 2.69. The van der Waals surface area contributed by atoms with E-state index in [4.69, 9.17) is 18.0 Å². The number of nitrogens with two attached hydrogens (primary N) is 1. The molecule has 1 aromatic rings. The van der Waals surface area contributed by atoms with Crippen molar-refractivity contribution in [3.05, 3.63) is 12.0 Å². The first-order valence-corrected chi connectivity index (χ1v) is 7.92. The molecular formula is C11H20N4O2S2. The van der Waals surface area contributed by atoms with Gasteiger partial charge in [-0.2, -0.15) is 4.31 Å². The Labute approximate surface area is 119 Å². The van der Waals surface area contributed by atoms with Crippen LogP contribution in [-0.4, -0.2) is 40.9 Å². The second-order valence-electron chi connectivity index (χ2n) is 4.36. The molecule has 1 heterocycles. The molecule has 108 valence electrons. The van der Waals surface area contributed by atoms with E-state index in [9.17, 15) is 8.42 Å². The molecule has 0 saturated heterocycles. The van der Waals surface area contributed by atoms with E-state index in [0.29, 0.717) is 17.2 Å². The van der Waals surface area contributed by atoms with Crippen LogP contribution in [0, 0.1) is 6.92 Å². The zero-order valence-electron chi connectivity index (χ0n) is 11.5. The SMILES string of the molecule is CCCn1cc(S(=O)(=O)N(C)CCC(N)=S)nc1C. The third kappa shape index (κ3) is 3.99. The number of rotatable bonds is 7. The molecule has 2 N–H and O–H groups in total. The first-order valence-electron chi connectivity index (χ1n) is 6.07. The Balaban J connectivity index is 2.93. The third-order valence-corrected chi connectivity index (χ3v) is 4.70. The van der Waals surface area contributed by atoms with Crippen molar-refractivity contribution in [1.82, 2.24) is 13.9 Å². The van der Waals surface area contributed by atoms with Crippen molar-refractivity contribution in [2.45, 2.75) is 38.3 Å². The normalized spacial score (nSPS) is 12.0. The summed E-state index contributed by atoms with van der Waals surface area (Å²) in [6, 6.07) is 0. The highest BCUT2D eigenvalue weighted by Gasteiger charge is 2.24. The molecule has 0 aliphatic carbocycles. The number of hydrogen-bond donors (Lipinski definition) is 1. The number of sulfonamides is 1. The minimum Gasteiger partial charge on any atom is -0.393 e. The summed E-state index contributed by atoms with van der Waals surface area (Å²) in [7, 11) is -2.07. The van der Waals surface area contributed by atoms with Gasteiger partial charge < -0.3 is 10.3 Å². The topological polar surface area (TPSA) is 81.2 Å². The maximum atomic E-state index is 12.3. The van der Waals surface area contributed by atoms with E-state index in [0.717, 1.165) is 13.0 Å². The molecule has 1 aromatic heterocycles. The van der Waals surface area contributed by atoms with Gasteiger partial charge in [0.15, 0.2) is 5.03 Å².